The number of hydrogen-bond acceptors (Lipinski definition) is 5. The van der Waals surface area contributed by atoms with E-state index in [0.29, 0.717) is 10.9 Å². The number of non-ortho nitro benzene ring substituents is 1. The van der Waals surface area contributed by atoms with Gasteiger partial charge in [0.1, 0.15) is 11.6 Å². The van der Waals surface area contributed by atoms with E-state index < -0.39 is 20.8 Å². The second-order valence-electron chi connectivity index (χ2n) is 5.35. The van der Waals surface area contributed by atoms with Crippen LogP contribution in [0.3, 0.4) is 0 Å². The maximum absolute atomic E-state index is 13.3. The molecule has 0 unspecified atom stereocenters. The number of halogens is 1. The summed E-state index contributed by atoms with van der Waals surface area (Å²) in [6.45, 7) is 1.47. The Kier molecular flexibility index (Phi) is 4.09. The van der Waals surface area contributed by atoms with Crippen molar-refractivity contribution in [2.45, 2.75) is 11.8 Å². The van der Waals surface area contributed by atoms with Crippen molar-refractivity contribution in [2.24, 2.45) is 0 Å². The van der Waals surface area contributed by atoms with Crippen LogP contribution in [-0.4, -0.2) is 18.3 Å². The monoisotopic (exact) mass is 361 g/mol. The van der Waals surface area contributed by atoms with Crippen molar-refractivity contribution in [2.75, 3.05) is 4.72 Å². The molecule has 0 saturated carbocycles. The molecule has 3 aromatic rings. The molecule has 2 aromatic carbocycles. The van der Waals surface area contributed by atoms with E-state index in [0.717, 1.165) is 12.1 Å². The second-order valence-corrected chi connectivity index (χ2v) is 7.03. The largest absolute Gasteiger partial charge is 0.270 e. The highest BCUT2D eigenvalue weighted by atomic mass is 32.2. The normalized spacial score (nSPS) is 11.4. The Morgan fingerprint density at radius 1 is 1.12 bits per heavy atom. The number of rotatable bonds is 4. The van der Waals surface area contributed by atoms with Crippen molar-refractivity contribution in [1.82, 2.24) is 4.98 Å². The lowest BCUT2D eigenvalue weighted by Gasteiger charge is -2.09. The summed E-state index contributed by atoms with van der Waals surface area (Å²) in [7, 11) is -3.93. The highest BCUT2D eigenvalue weighted by molar-refractivity contribution is 7.92. The third kappa shape index (κ3) is 3.41. The summed E-state index contributed by atoms with van der Waals surface area (Å²) in [6, 6.07) is 10.5. The number of hydrogen-bond donors (Lipinski definition) is 1. The Balaban J connectivity index is 1.95. The molecule has 0 radical (unpaired) electrons. The summed E-state index contributed by atoms with van der Waals surface area (Å²) in [4.78, 5) is 14.3. The first-order chi connectivity index (χ1) is 11.8. The third-order valence-electron chi connectivity index (χ3n) is 3.56. The Morgan fingerprint density at radius 2 is 1.88 bits per heavy atom. The molecule has 3 rings (SSSR count). The standard InChI is InChI=1S/C16H12FN3O4S/c1-10-8-13(4-5-14(10)17)25(23,24)19-16-7-2-11-9-12(20(21)22)3-6-15(11)18-16/h2-9H,1H3,(H,18,19). The summed E-state index contributed by atoms with van der Waals surface area (Å²) in [5.41, 5.74) is 0.534. The number of nitro benzene ring substituents is 1. The fourth-order valence-corrected chi connectivity index (χ4v) is 3.35. The van der Waals surface area contributed by atoms with E-state index in [1.165, 1.54) is 43.3 Å². The zero-order valence-corrected chi connectivity index (χ0v) is 13.7. The van der Waals surface area contributed by atoms with Gasteiger partial charge < -0.3 is 0 Å². The number of anilines is 1. The minimum absolute atomic E-state index is 0.0586. The van der Waals surface area contributed by atoms with E-state index in [1.54, 1.807) is 0 Å². The van der Waals surface area contributed by atoms with Crippen LogP contribution in [0.1, 0.15) is 5.56 Å². The van der Waals surface area contributed by atoms with Crippen LogP contribution >= 0.6 is 0 Å². The summed E-state index contributed by atoms with van der Waals surface area (Å²) in [6.07, 6.45) is 0. The zero-order valence-electron chi connectivity index (χ0n) is 12.9. The number of nitrogens with one attached hydrogen (secondary N) is 1. The van der Waals surface area contributed by atoms with Crippen molar-refractivity contribution in [3.8, 4) is 0 Å². The molecule has 0 atom stereocenters. The topological polar surface area (TPSA) is 102 Å². The van der Waals surface area contributed by atoms with Gasteiger partial charge in [-0.2, -0.15) is 0 Å². The molecular weight excluding hydrogens is 349 g/mol. The van der Waals surface area contributed by atoms with Crippen LogP contribution in [0.15, 0.2) is 53.4 Å². The van der Waals surface area contributed by atoms with Gasteiger partial charge in [-0.15, -0.1) is 0 Å². The Hall–Kier alpha value is -3.07. The number of aryl methyl sites for hydroxylation is 1. The van der Waals surface area contributed by atoms with Gasteiger partial charge in [0.05, 0.1) is 15.3 Å². The van der Waals surface area contributed by atoms with E-state index in [2.05, 4.69) is 9.71 Å². The van der Waals surface area contributed by atoms with Crippen LogP contribution in [0.25, 0.3) is 10.9 Å². The SMILES string of the molecule is Cc1cc(S(=O)(=O)Nc2ccc3cc([N+](=O)[O-])ccc3n2)ccc1F. The van der Waals surface area contributed by atoms with Crippen LogP contribution in [0, 0.1) is 22.9 Å². The number of aromatic nitrogens is 1. The van der Waals surface area contributed by atoms with Gasteiger partial charge in [0.15, 0.2) is 0 Å². The van der Waals surface area contributed by atoms with Crippen LogP contribution < -0.4 is 4.72 Å². The van der Waals surface area contributed by atoms with Gasteiger partial charge in [-0.25, -0.2) is 17.8 Å². The van der Waals surface area contributed by atoms with E-state index in [1.807, 2.05) is 0 Å². The first-order valence-electron chi connectivity index (χ1n) is 7.10. The number of sulfonamides is 1. The lowest BCUT2D eigenvalue weighted by Crippen LogP contribution is -2.14. The van der Waals surface area contributed by atoms with Gasteiger partial charge in [0.2, 0.25) is 0 Å². The number of fused-ring (bicyclic) bond motifs is 1. The molecule has 1 heterocycles. The first-order valence-corrected chi connectivity index (χ1v) is 8.59. The van der Waals surface area contributed by atoms with Crippen LogP contribution in [-0.2, 0) is 10.0 Å². The van der Waals surface area contributed by atoms with E-state index >= 15 is 0 Å². The molecule has 0 fully saturated rings. The molecule has 0 bridgehead atoms. The van der Waals surface area contributed by atoms with Crippen LogP contribution in [0.5, 0.6) is 0 Å². The molecule has 1 aromatic heterocycles. The molecule has 7 nitrogen and oxygen atoms in total. The average molecular weight is 361 g/mol. The molecule has 0 amide bonds. The summed E-state index contributed by atoms with van der Waals surface area (Å²) >= 11 is 0. The predicted molar refractivity (Wildman–Crippen MR) is 90.3 cm³/mol. The van der Waals surface area contributed by atoms with Gasteiger partial charge >= 0.3 is 0 Å². The van der Waals surface area contributed by atoms with Crippen LogP contribution in [0.2, 0.25) is 0 Å². The molecular formula is C16H12FN3O4S. The average Bonchev–Trinajstić information content (AvgIpc) is 2.56. The number of nitro groups is 1. The molecule has 0 aliphatic carbocycles. The quantitative estimate of drug-likeness (QED) is 0.567. The van der Waals surface area contributed by atoms with E-state index in [-0.39, 0.29) is 22.0 Å². The molecule has 1 N–H and O–H groups in total. The lowest BCUT2D eigenvalue weighted by atomic mass is 10.2. The van der Waals surface area contributed by atoms with Crippen molar-refractivity contribution in [3.05, 3.63) is 70.0 Å². The third-order valence-corrected chi connectivity index (χ3v) is 4.91. The summed E-state index contributed by atoms with van der Waals surface area (Å²) < 4.78 is 40.4. The first kappa shape index (κ1) is 16.8. The summed E-state index contributed by atoms with van der Waals surface area (Å²) in [5.74, 6) is -0.437. The Labute approximate surface area is 142 Å². The van der Waals surface area contributed by atoms with Crippen molar-refractivity contribution < 1.29 is 17.7 Å². The number of pyridine rings is 1. The Bertz CT molecular complexity index is 1100. The fourth-order valence-electron chi connectivity index (χ4n) is 2.26. The van der Waals surface area contributed by atoms with Gasteiger partial charge in [-0.05, 0) is 48.9 Å². The van der Waals surface area contributed by atoms with Gasteiger partial charge in [0.25, 0.3) is 15.7 Å². The highest BCUT2D eigenvalue weighted by Crippen LogP contribution is 2.23. The van der Waals surface area contributed by atoms with Crippen LogP contribution in [0.4, 0.5) is 15.9 Å². The smallest absolute Gasteiger partial charge is 0.263 e. The van der Waals surface area contributed by atoms with Gasteiger partial charge in [-0.3, -0.25) is 14.8 Å². The molecule has 128 valence electrons. The molecule has 0 aliphatic rings. The molecule has 9 heteroatoms. The van der Waals surface area contributed by atoms with E-state index in [9.17, 15) is 22.9 Å². The Morgan fingerprint density at radius 3 is 2.56 bits per heavy atom. The minimum Gasteiger partial charge on any atom is -0.263 e. The molecule has 0 spiro atoms. The molecule has 25 heavy (non-hydrogen) atoms. The number of benzene rings is 2. The zero-order chi connectivity index (χ0) is 18.2. The van der Waals surface area contributed by atoms with Crippen molar-refractivity contribution >= 4 is 32.4 Å². The lowest BCUT2D eigenvalue weighted by molar-refractivity contribution is -0.384. The molecule has 0 saturated heterocycles. The number of nitrogens with zero attached hydrogens (tertiary/aromatic N) is 2. The van der Waals surface area contributed by atoms with E-state index in [4.69, 9.17) is 0 Å². The van der Waals surface area contributed by atoms with Gasteiger partial charge in [-0.1, -0.05) is 0 Å². The maximum Gasteiger partial charge on any atom is 0.270 e. The van der Waals surface area contributed by atoms with Crippen molar-refractivity contribution in [1.29, 1.82) is 0 Å². The predicted octanol–water partition coefficient (Wildman–Crippen LogP) is 3.39. The maximum atomic E-state index is 13.3. The second kappa shape index (κ2) is 6.10. The minimum atomic E-state index is -3.93. The van der Waals surface area contributed by atoms with Crippen molar-refractivity contribution in [3.63, 3.8) is 0 Å². The fraction of sp³-hybridized carbons (Fsp3) is 0.0625. The highest BCUT2D eigenvalue weighted by Gasteiger charge is 2.16. The molecule has 0 aliphatic heterocycles. The summed E-state index contributed by atoms with van der Waals surface area (Å²) in [5, 5.41) is 11.3. The van der Waals surface area contributed by atoms with Gasteiger partial charge in [0, 0.05) is 17.5 Å².